The Bertz CT molecular complexity index is 392. The molecule has 2 rings (SSSR count). The van der Waals surface area contributed by atoms with Crippen LogP contribution in [-0.2, 0) is 16.1 Å². The van der Waals surface area contributed by atoms with Crippen LogP contribution >= 0.6 is 0 Å². The Morgan fingerprint density at radius 1 is 1.26 bits per heavy atom. The predicted octanol–water partition coefficient (Wildman–Crippen LogP) is 2.92. The van der Waals surface area contributed by atoms with E-state index in [0.717, 1.165) is 31.2 Å². The lowest BCUT2D eigenvalue weighted by molar-refractivity contribution is -0.151. The van der Waals surface area contributed by atoms with Crippen LogP contribution in [0.4, 0.5) is 0 Å². The molecule has 19 heavy (non-hydrogen) atoms. The second-order valence-electron chi connectivity index (χ2n) is 5.45. The quantitative estimate of drug-likeness (QED) is 0.849. The van der Waals surface area contributed by atoms with E-state index in [1.807, 2.05) is 37.3 Å². The number of ether oxygens (including phenoxy) is 1. The third kappa shape index (κ3) is 4.06. The summed E-state index contributed by atoms with van der Waals surface area (Å²) in [4.78, 5) is 12.0. The second kappa shape index (κ2) is 6.71. The molecule has 1 atom stereocenters. The molecule has 3 nitrogen and oxygen atoms in total. The predicted molar refractivity (Wildman–Crippen MR) is 73.4 cm³/mol. The first-order valence-electron chi connectivity index (χ1n) is 7.05. The van der Waals surface area contributed by atoms with E-state index >= 15 is 0 Å². The van der Waals surface area contributed by atoms with Crippen molar-refractivity contribution in [3.05, 3.63) is 35.9 Å². The van der Waals surface area contributed by atoms with Crippen molar-refractivity contribution in [3.63, 3.8) is 0 Å². The Labute approximate surface area is 114 Å². The number of aliphatic hydroxyl groups excluding tert-OH is 1. The Hall–Kier alpha value is -1.35. The van der Waals surface area contributed by atoms with Crippen LogP contribution in [0, 0.1) is 11.8 Å². The van der Waals surface area contributed by atoms with Gasteiger partial charge in [-0.1, -0.05) is 30.3 Å². The maximum absolute atomic E-state index is 12.0. The summed E-state index contributed by atoms with van der Waals surface area (Å²) in [5.74, 6) is 0.268. The highest BCUT2D eigenvalue weighted by atomic mass is 16.5. The molecule has 0 spiro atoms. The minimum atomic E-state index is -0.263. The zero-order chi connectivity index (χ0) is 13.7. The van der Waals surface area contributed by atoms with Crippen LogP contribution in [-0.4, -0.2) is 17.2 Å². The van der Waals surface area contributed by atoms with Crippen molar-refractivity contribution >= 4 is 5.97 Å². The second-order valence-corrected chi connectivity index (χ2v) is 5.45. The summed E-state index contributed by atoms with van der Waals surface area (Å²) < 4.78 is 5.36. The summed E-state index contributed by atoms with van der Waals surface area (Å²) in [6, 6.07) is 9.74. The summed E-state index contributed by atoms with van der Waals surface area (Å²) in [6.07, 6.45) is 3.25. The molecule has 1 aromatic carbocycles. The molecule has 1 aromatic rings. The van der Waals surface area contributed by atoms with Gasteiger partial charge in [-0.25, -0.2) is 0 Å². The maximum atomic E-state index is 12.0. The minimum Gasteiger partial charge on any atom is -0.461 e. The normalized spacial score (nSPS) is 24.7. The fraction of sp³-hybridized carbons (Fsp3) is 0.562. The molecule has 3 heteroatoms. The van der Waals surface area contributed by atoms with Crippen molar-refractivity contribution in [1.82, 2.24) is 0 Å². The molecule has 0 aliphatic heterocycles. The summed E-state index contributed by atoms with van der Waals surface area (Å²) >= 11 is 0. The number of hydrogen-bond donors (Lipinski definition) is 1. The van der Waals surface area contributed by atoms with Crippen LogP contribution in [0.1, 0.15) is 38.2 Å². The molecule has 1 N–H and O–H groups in total. The number of aliphatic hydroxyl groups is 1. The SMILES string of the molecule is CC(O)C1CCC(C(=O)OCc2ccccc2)CC1. The van der Waals surface area contributed by atoms with Crippen LogP contribution in [0.2, 0.25) is 0 Å². The number of carbonyl (C=O) groups is 1. The number of rotatable bonds is 4. The average Bonchev–Trinajstić information content (AvgIpc) is 2.46. The molecule has 0 heterocycles. The van der Waals surface area contributed by atoms with Crippen LogP contribution in [0.15, 0.2) is 30.3 Å². The molecule has 0 amide bonds. The maximum Gasteiger partial charge on any atom is 0.309 e. The molecule has 1 aliphatic carbocycles. The smallest absolute Gasteiger partial charge is 0.309 e. The first-order chi connectivity index (χ1) is 9.16. The van der Waals surface area contributed by atoms with Crippen molar-refractivity contribution in [2.24, 2.45) is 11.8 Å². The molecule has 1 aliphatic rings. The third-order valence-corrected chi connectivity index (χ3v) is 4.01. The van der Waals surface area contributed by atoms with Gasteiger partial charge in [-0.05, 0) is 44.1 Å². The van der Waals surface area contributed by atoms with E-state index in [2.05, 4.69) is 0 Å². The molecular weight excluding hydrogens is 240 g/mol. The van der Waals surface area contributed by atoms with Gasteiger partial charge in [-0.15, -0.1) is 0 Å². The standard InChI is InChI=1S/C16H22O3/c1-12(17)14-7-9-15(10-8-14)16(18)19-11-13-5-3-2-4-6-13/h2-6,12,14-15,17H,7-11H2,1H3. The molecule has 1 fully saturated rings. The molecule has 0 saturated heterocycles. The lowest BCUT2D eigenvalue weighted by Crippen LogP contribution is -2.28. The fourth-order valence-corrected chi connectivity index (χ4v) is 2.68. The number of carbonyl (C=O) groups excluding carboxylic acids is 1. The first-order valence-corrected chi connectivity index (χ1v) is 7.05. The number of esters is 1. The van der Waals surface area contributed by atoms with E-state index in [0.29, 0.717) is 12.5 Å². The zero-order valence-electron chi connectivity index (χ0n) is 11.4. The van der Waals surface area contributed by atoms with Crippen molar-refractivity contribution in [1.29, 1.82) is 0 Å². The number of benzene rings is 1. The Morgan fingerprint density at radius 3 is 2.47 bits per heavy atom. The van der Waals surface area contributed by atoms with Crippen LogP contribution in [0.25, 0.3) is 0 Å². The van der Waals surface area contributed by atoms with Crippen molar-refractivity contribution in [2.45, 2.75) is 45.3 Å². The average molecular weight is 262 g/mol. The highest BCUT2D eigenvalue weighted by molar-refractivity contribution is 5.72. The van der Waals surface area contributed by atoms with Gasteiger partial charge >= 0.3 is 5.97 Å². The van der Waals surface area contributed by atoms with Gasteiger partial charge in [0.25, 0.3) is 0 Å². The van der Waals surface area contributed by atoms with Gasteiger partial charge in [0.1, 0.15) is 6.61 Å². The summed E-state index contributed by atoms with van der Waals surface area (Å²) in [5.41, 5.74) is 1.02. The lowest BCUT2D eigenvalue weighted by Gasteiger charge is -2.28. The first kappa shape index (κ1) is 14.1. The van der Waals surface area contributed by atoms with Gasteiger partial charge in [-0.2, -0.15) is 0 Å². The van der Waals surface area contributed by atoms with Crippen molar-refractivity contribution in [2.75, 3.05) is 0 Å². The van der Waals surface area contributed by atoms with E-state index in [4.69, 9.17) is 4.74 Å². The number of hydrogen-bond acceptors (Lipinski definition) is 3. The minimum absolute atomic E-state index is 0.0127. The summed E-state index contributed by atoms with van der Waals surface area (Å²) in [5, 5.41) is 9.54. The van der Waals surface area contributed by atoms with Gasteiger partial charge in [-0.3, -0.25) is 4.79 Å². The van der Waals surface area contributed by atoms with E-state index in [1.54, 1.807) is 0 Å². The molecule has 104 valence electrons. The molecule has 0 radical (unpaired) electrons. The monoisotopic (exact) mass is 262 g/mol. The van der Waals surface area contributed by atoms with E-state index < -0.39 is 0 Å². The largest absolute Gasteiger partial charge is 0.461 e. The van der Waals surface area contributed by atoms with Gasteiger partial charge in [0.2, 0.25) is 0 Å². The van der Waals surface area contributed by atoms with E-state index in [-0.39, 0.29) is 18.0 Å². The Morgan fingerprint density at radius 2 is 1.89 bits per heavy atom. The van der Waals surface area contributed by atoms with Crippen LogP contribution < -0.4 is 0 Å². The molecule has 1 saturated carbocycles. The highest BCUT2D eigenvalue weighted by Gasteiger charge is 2.29. The van der Waals surface area contributed by atoms with Crippen LogP contribution in [0.3, 0.4) is 0 Å². The molecule has 1 unspecified atom stereocenters. The van der Waals surface area contributed by atoms with E-state index in [9.17, 15) is 9.90 Å². The third-order valence-electron chi connectivity index (χ3n) is 4.01. The van der Waals surface area contributed by atoms with Gasteiger partial charge < -0.3 is 9.84 Å². The van der Waals surface area contributed by atoms with Gasteiger partial charge in [0.05, 0.1) is 12.0 Å². The molecule has 0 bridgehead atoms. The van der Waals surface area contributed by atoms with Crippen molar-refractivity contribution < 1.29 is 14.6 Å². The van der Waals surface area contributed by atoms with Crippen molar-refractivity contribution in [3.8, 4) is 0 Å². The molecular formula is C16H22O3. The fourth-order valence-electron chi connectivity index (χ4n) is 2.68. The molecule has 0 aromatic heterocycles. The van der Waals surface area contributed by atoms with Gasteiger partial charge in [0, 0.05) is 0 Å². The summed E-state index contributed by atoms with van der Waals surface area (Å²) in [6.45, 7) is 2.19. The lowest BCUT2D eigenvalue weighted by atomic mass is 9.80. The zero-order valence-corrected chi connectivity index (χ0v) is 11.4. The topological polar surface area (TPSA) is 46.5 Å². The van der Waals surface area contributed by atoms with Gasteiger partial charge in [0.15, 0.2) is 0 Å². The summed E-state index contributed by atoms with van der Waals surface area (Å²) in [7, 11) is 0. The van der Waals surface area contributed by atoms with Crippen LogP contribution in [0.5, 0.6) is 0 Å². The van der Waals surface area contributed by atoms with E-state index in [1.165, 1.54) is 0 Å². The Kier molecular flexibility index (Phi) is 4.97. The highest BCUT2D eigenvalue weighted by Crippen LogP contribution is 2.31. The Balaban J connectivity index is 1.76.